The van der Waals surface area contributed by atoms with E-state index in [1.165, 1.54) is 11.3 Å². The van der Waals surface area contributed by atoms with E-state index in [2.05, 4.69) is 38.5 Å². The third-order valence-electron chi connectivity index (χ3n) is 2.34. The van der Waals surface area contributed by atoms with Crippen molar-refractivity contribution in [2.24, 2.45) is 0 Å². The molecule has 0 aliphatic heterocycles. The summed E-state index contributed by atoms with van der Waals surface area (Å²) in [5.41, 5.74) is 0.949. The third-order valence-corrected chi connectivity index (χ3v) is 5.07. The SMILES string of the molecule is OC(Cc1ccc(Cl)s1)c1cc(Br)ccc1I. The molecule has 1 aromatic heterocycles. The highest BCUT2D eigenvalue weighted by atomic mass is 127. The summed E-state index contributed by atoms with van der Waals surface area (Å²) in [6.45, 7) is 0. The lowest BCUT2D eigenvalue weighted by molar-refractivity contribution is 0.178. The van der Waals surface area contributed by atoms with Gasteiger partial charge in [-0.25, -0.2) is 0 Å². The molecular weight excluding hydrogens is 434 g/mol. The van der Waals surface area contributed by atoms with Crippen molar-refractivity contribution in [3.05, 3.63) is 53.2 Å². The number of hydrogen-bond acceptors (Lipinski definition) is 2. The first-order chi connectivity index (χ1) is 8.06. The zero-order chi connectivity index (χ0) is 12.4. The predicted molar refractivity (Wildman–Crippen MR) is 84.9 cm³/mol. The minimum Gasteiger partial charge on any atom is -0.388 e. The van der Waals surface area contributed by atoms with Gasteiger partial charge in [0.15, 0.2) is 0 Å². The minimum absolute atomic E-state index is 0.492. The van der Waals surface area contributed by atoms with Crippen LogP contribution < -0.4 is 0 Å². The molecule has 0 saturated carbocycles. The molecule has 1 N–H and O–H groups in total. The van der Waals surface area contributed by atoms with E-state index in [0.717, 1.165) is 22.8 Å². The van der Waals surface area contributed by atoms with Crippen LogP contribution in [0.2, 0.25) is 4.34 Å². The Morgan fingerprint density at radius 1 is 1.35 bits per heavy atom. The molecule has 0 aliphatic rings. The number of rotatable bonds is 3. The van der Waals surface area contributed by atoms with Crippen molar-refractivity contribution in [2.75, 3.05) is 0 Å². The summed E-state index contributed by atoms with van der Waals surface area (Å²) in [5, 5.41) is 10.2. The molecule has 17 heavy (non-hydrogen) atoms. The highest BCUT2D eigenvalue weighted by molar-refractivity contribution is 14.1. The molecular formula is C12H9BrClIOS. The summed E-state index contributed by atoms with van der Waals surface area (Å²) < 4.78 is 2.81. The summed E-state index contributed by atoms with van der Waals surface area (Å²) in [5.74, 6) is 0. The summed E-state index contributed by atoms with van der Waals surface area (Å²) in [7, 11) is 0. The second kappa shape index (κ2) is 6.02. The Balaban J connectivity index is 2.19. The first kappa shape index (κ1) is 13.8. The number of hydrogen-bond donors (Lipinski definition) is 1. The molecule has 0 aliphatic carbocycles. The van der Waals surface area contributed by atoms with E-state index in [1.807, 2.05) is 30.3 Å². The van der Waals surface area contributed by atoms with Crippen molar-refractivity contribution in [1.82, 2.24) is 0 Å². The Labute approximate surface area is 131 Å². The third kappa shape index (κ3) is 3.67. The Hall–Kier alpha value is 0.380. The molecule has 1 unspecified atom stereocenters. The lowest BCUT2D eigenvalue weighted by atomic mass is 10.1. The van der Waals surface area contributed by atoms with Crippen molar-refractivity contribution in [1.29, 1.82) is 0 Å². The molecule has 0 saturated heterocycles. The van der Waals surface area contributed by atoms with Gasteiger partial charge in [-0.2, -0.15) is 0 Å². The second-order valence-corrected chi connectivity index (χ2v) is 7.47. The molecule has 1 aromatic carbocycles. The number of benzene rings is 1. The molecule has 5 heteroatoms. The monoisotopic (exact) mass is 442 g/mol. The van der Waals surface area contributed by atoms with E-state index >= 15 is 0 Å². The fourth-order valence-corrected chi connectivity index (χ4v) is 3.73. The van der Waals surface area contributed by atoms with Crippen molar-refractivity contribution in [2.45, 2.75) is 12.5 Å². The van der Waals surface area contributed by atoms with Crippen molar-refractivity contribution >= 4 is 61.5 Å². The number of halogens is 3. The smallest absolute Gasteiger partial charge is 0.0931 e. The average Bonchev–Trinajstić information content (AvgIpc) is 2.67. The van der Waals surface area contributed by atoms with Gasteiger partial charge < -0.3 is 5.11 Å². The standard InChI is InChI=1S/C12H9BrClIOS/c13-7-1-3-10(15)9(5-7)11(16)6-8-2-4-12(14)17-8/h1-5,11,16H,6H2. The van der Waals surface area contributed by atoms with Gasteiger partial charge in [0.25, 0.3) is 0 Å². The van der Waals surface area contributed by atoms with Gasteiger partial charge in [-0.15, -0.1) is 11.3 Å². The molecule has 2 rings (SSSR count). The molecule has 1 atom stereocenters. The van der Waals surface area contributed by atoms with Gasteiger partial charge in [0.2, 0.25) is 0 Å². The fraction of sp³-hybridized carbons (Fsp3) is 0.167. The molecule has 0 spiro atoms. The Bertz CT molecular complexity index is 529. The Morgan fingerprint density at radius 2 is 2.12 bits per heavy atom. The number of aliphatic hydroxyl groups is 1. The van der Waals surface area contributed by atoms with Gasteiger partial charge in [0, 0.05) is 19.3 Å². The predicted octanol–water partition coefficient (Wildman–Crippen LogP) is 5.04. The average molecular weight is 444 g/mol. The number of thiophene rings is 1. The van der Waals surface area contributed by atoms with Gasteiger partial charge in [0.1, 0.15) is 0 Å². The van der Waals surface area contributed by atoms with Gasteiger partial charge in [-0.05, 0) is 58.5 Å². The first-order valence-corrected chi connectivity index (χ1v) is 8.00. The fourth-order valence-electron chi connectivity index (χ4n) is 1.53. The highest BCUT2D eigenvalue weighted by Crippen LogP contribution is 2.29. The zero-order valence-electron chi connectivity index (χ0n) is 8.66. The maximum absolute atomic E-state index is 10.2. The van der Waals surface area contributed by atoms with Crippen LogP contribution in [0.4, 0.5) is 0 Å². The molecule has 1 nitrogen and oxygen atoms in total. The van der Waals surface area contributed by atoms with E-state index in [-0.39, 0.29) is 0 Å². The lowest BCUT2D eigenvalue weighted by Crippen LogP contribution is -2.02. The van der Waals surface area contributed by atoms with Crippen LogP contribution in [0.5, 0.6) is 0 Å². The normalized spacial score (nSPS) is 12.7. The molecule has 0 fully saturated rings. The van der Waals surface area contributed by atoms with Crippen LogP contribution in [-0.4, -0.2) is 5.11 Å². The molecule has 90 valence electrons. The van der Waals surface area contributed by atoms with Crippen LogP contribution in [-0.2, 0) is 6.42 Å². The van der Waals surface area contributed by atoms with Crippen LogP contribution in [0, 0.1) is 3.57 Å². The molecule has 0 radical (unpaired) electrons. The topological polar surface area (TPSA) is 20.2 Å². The van der Waals surface area contributed by atoms with E-state index in [1.54, 1.807) is 0 Å². The van der Waals surface area contributed by atoms with Gasteiger partial charge in [-0.1, -0.05) is 27.5 Å². The summed E-state index contributed by atoms with van der Waals surface area (Å²) in [6, 6.07) is 9.74. The summed E-state index contributed by atoms with van der Waals surface area (Å²) >= 11 is 13.0. The van der Waals surface area contributed by atoms with E-state index in [4.69, 9.17) is 11.6 Å². The summed E-state index contributed by atoms with van der Waals surface area (Å²) in [4.78, 5) is 1.10. The molecule has 0 amide bonds. The largest absolute Gasteiger partial charge is 0.388 e. The van der Waals surface area contributed by atoms with Crippen LogP contribution in [0.3, 0.4) is 0 Å². The zero-order valence-corrected chi connectivity index (χ0v) is 14.0. The molecule has 2 aromatic rings. The van der Waals surface area contributed by atoms with Crippen LogP contribution in [0.15, 0.2) is 34.8 Å². The number of aliphatic hydroxyl groups excluding tert-OH is 1. The lowest BCUT2D eigenvalue weighted by Gasteiger charge is -2.12. The van der Waals surface area contributed by atoms with Crippen LogP contribution in [0.25, 0.3) is 0 Å². The maximum atomic E-state index is 10.2. The first-order valence-electron chi connectivity index (χ1n) is 4.93. The van der Waals surface area contributed by atoms with E-state index in [9.17, 15) is 5.11 Å². The van der Waals surface area contributed by atoms with Crippen LogP contribution >= 0.6 is 61.5 Å². The molecule has 0 bridgehead atoms. The van der Waals surface area contributed by atoms with Gasteiger partial charge in [-0.3, -0.25) is 0 Å². The van der Waals surface area contributed by atoms with Crippen molar-refractivity contribution in [3.8, 4) is 0 Å². The van der Waals surface area contributed by atoms with E-state index < -0.39 is 6.10 Å². The van der Waals surface area contributed by atoms with Crippen LogP contribution in [0.1, 0.15) is 16.5 Å². The second-order valence-electron chi connectivity index (χ2n) is 3.59. The summed E-state index contributed by atoms with van der Waals surface area (Å²) in [6.07, 6.45) is 0.109. The minimum atomic E-state index is -0.492. The Morgan fingerprint density at radius 3 is 2.76 bits per heavy atom. The Kier molecular flexibility index (Phi) is 4.88. The quantitative estimate of drug-likeness (QED) is 0.659. The van der Waals surface area contributed by atoms with Crippen molar-refractivity contribution < 1.29 is 5.11 Å². The molecule has 1 heterocycles. The van der Waals surface area contributed by atoms with Crippen molar-refractivity contribution in [3.63, 3.8) is 0 Å². The van der Waals surface area contributed by atoms with Gasteiger partial charge >= 0.3 is 0 Å². The van der Waals surface area contributed by atoms with Gasteiger partial charge in [0.05, 0.1) is 10.4 Å². The highest BCUT2D eigenvalue weighted by Gasteiger charge is 2.13. The maximum Gasteiger partial charge on any atom is 0.0931 e. The van der Waals surface area contributed by atoms with E-state index in [0.29, 0.717) is 6.42 Å².